The first-order valence-electron chi connectivity index (χ1n) is 11.6. The van der Waals surface area contributed by atoms with Crippen molar-refractivity contribution >= 4 is 35.6 Å². The topological polar surface area (TPSA) is 146 Å². The average Bonchev–Trinajstić information content (AvgIpc) is 3.27. The fraction of sp³-hybridized carbons (Fsp3) is 0.280. The van der Waals surface area contributed by atoms with Crippen LogP contribution in [0.3, 0.4) is 0 Å². The molecule has 2 aromatic rings. The van der Waals surface area contributed by atoms with Gasteiger partial charge in [0.25, 0.3) is 23.6 Å². The van der Waals surface area contributed by atoms with Crippen LogP contribution in [0.15, 0.2) is 36.4 Å². The van der Waals surface area contributed by atoms with Crippen molar-refractivity contribution in [3.8, 4) is 0 Å². The Hall–Kier alpha value is -4.84. The van der Waals surface area contributed by atoms with Crippen LogP contribution in [-0.2, 0) is 34.2 Å². The maximum Gasteiger partial charge on any atom is 0.411 e. The number of halogens is 6. The summed E-state index contributed by atoms with van der Waals surface area (Å²) in [5.74, 6) is -8.29. The number of hydrogen-bond donors (Lipinski definition) is 0. The third-order valence-electron chi connectivity index (χ3n) is 6.33. The maximum atomic E-state index is 14.7. The number of rotatable bonds is 8. The Kier molecular flexibility index (Phi) is 7.79. The Morgan fingerprint density at radius 2 is 0.930 bits per heavy atom. The van der Waals surface area contributed by atoms with Crippen molar-refractivity contribution in [1.29, 1.82) is 0 Å². The summed E-state index contributed by atoms with van der Waals surface area (Å²) in [5.41, 5.74) is -11.4. The summed E-state index contributed by atoms with van der Waals surface area (Å²) >= 11 is 0. The molecule has 4 amide bonds. The molecule has 0 fully saturated rings. The van der Waals surface area contributed by atoms with Crippen LogP contribution in [0.25, 0.3) is 0 Å². The van der Waals surface area contributed by atoms with E-state index >= 15 is 0 Å². The first-order valence-corrected chi connectivity index (χ1v) is 11.6. The molecule has 43 heavy (non-hydrogen) atoms. The van der Waals surface area contributed by atoms with Gasteiger partial charge in [-0.25, -0.2) is 9.59 Å². The number of carbonyl (C=O) groups excluding carboxylic acids is 6. The van der Waals surface area contributed by atoms with E-state index in [-0.39, 0.29) is 22.3 Å². The minimum absolute atomic E-state index is 0.141. The van der Waals surface area contributed by atoms with Crippen molar-refractivity contribution in [2.45, 2.75) is 17.8 Å². The van der Waals surface area contributed by atoms with E-state index in [2.05, 4.69) is 19.1 Å². The highest BCUT2D eigenvalue weighted by molar-refractivity contribution is 6.22. The molecular weight excluding hydrogens is 602 g/mol. The smallest absolute Gasteiger partial charge is 0.373 e. The fourth-order valence-corrected chi connectivity index (χ4v) is 4.54. The van der Waals surface area contributed by atoms with Crippen LogP contribution < -0.4 is 0 Å². The van der Waals surface area contributed by atoms with Crippen molar-refractivity contribution in [3.05, 3.63) is 69.8 Å². The van der Waals surface area contributed by atoms with Gasteiger partial charge in [0.15, 0.2) is 0 Å². The molecule has 0 radical (unpaired) electrons. The second-order valence-electron chi connectivity index (χ2n) is 8.87. The number of amides is 4. The summed E-state index contributed by atoms with van der Waals surface area (Å²) in [7, 11) is 2.13. The summed E-state index contributed by atoms with van der Waals surface area (Å²) in [5, 5.41) is -0.282. The SMILES string of the molecule is COCC(=O)ON1C(=O)c2ccc(C(c3ccc4c(c3)C(=O)N(OC(=O)COC)C4=O)(C(F)(F)F)C(F)(F)F)cc2C1=O. The molecule has 2 aliphatic rings. The molecular formula is C25H16F6N2O10. The van der Waals surface area contributed by atoms with Crippen LogP contribution in [0, 0.1) is 0 Å². The number of carbonyl (C=O) groups is 6. The standard InChI is InChI=1S/C25H16F6N2O10/c1-40-9-17(34)42-32-19(36)13-5-3-11(7-15(13)21(32)38)23(24(26,27)28,25(29,30)31)12-4-6-14-16(8-12)22(39)33(20(14)37)43-18(35)10-41-2/h3-8H,9-10H2,1-2H3. The highest BCUT2D eigenvalue weighted by Crippen LogP contribution is 2.57. The molecule has 0 aliphatic carbocycles. The highest BCUT2D eigenvalue weighted by Gasteiger charge is 2.73. The van der Waals surface area contributed by atoms with Gasteiger partial charge in [-0.2, -0.15) is 26.3 Å². The van der Waals surface area contributed by atoms with E-state index in [1.54, 1.807) is 0 Å². The van der Waals surface area contributed by atoms with Crippen molar-refractivity contribution in [2.24, 2.45) is 0 Å². The van der Waals surface area contributed by atoms with Crippen LogP contribution in [-0.4, -0.2) is 85.5 Å². The monoisotopic (exact) mass is 618 g/mol. The zero-order valence-corrected chi connectivity index (χ0v) is 21.6. The first kappa shape index (κ1) is 31.1. The Labute approximate surface area is 235 Å². The number of imide groups is 2. The van der Waals surface area contributed by atoms with E-state index < -0.39 is 99.9 Å². The van der Waals surface area contributed by atoms with Crippen molar-refractivity contribution < 1.29 is 74.3 Å². The summed E-state index contributed by atoms with van der Waals surface area (Å²) < 4.78 is 97.5. The molecule has 0 saturated heterocycles. The third kappa shape index (κ3) is 4.87. The molecule has 18 heteroatoms. The molecule has 0 aromatic heterocycles. The summed E-state index contributed by atoms with van der Waals surface area (Å²) in [4.78, 5) is 83.0. The summed E-state index contributed by atoms with van der Waals surface area (Å²) in [6, 6.07) is 1.95. The van der Waals surface area contributed by atoms with Crippen LogP contribution in [0.2, 0.25) is 0 Å². The van der Waals surface area contributed by atoms with Crippen molar-refractivity contribution in [2.75, 3.05) is 27.4 Å². The molecule has 0 saturated carbocycles. The molecule has 2 aliphatic heterocycles. The fourth-order valence-electron chi connectivity index (χ4n) is 4.54. The largest absolute Gasteiger partial charge is 0.411 e. The van der Waals surface area contributed by atoms with Gasteiger partial charge in [0.1, 0.15) is 13.2 Å². The number of nitrogens with zero attached hydrogens (tertiary/aromatic N) is 2. The van der Waals surface area contributed by atoms with Gasteiger partial charge in [-0.3, -0.25) is 19.2 Å². The predicted octanol–water partition coefficient (Wildman–Crippen LogP) is 2.50. The molecule has 0 bridgehead atoms. The second-order valence-corrected chi connectivity index (χ2v) is 8.87. The average molecular weight is 618 g/mol. The number of hydrogen-bond acceptors (Lipinski definition) is 10. The summed E-state index contributed by atoms with van der Waals surface area (Å²) in [6.45, 7) is -1.49. The number of hydroxylamine groups is 4. The van der Waals surface area contributed by atoms with E-state index in [4.69, 9.17) is 0 Å². The number of alkyl halides is 6. The molecule has 0 spiro atoms. The normalized spacial score (nSPS) is 15.2. The van der Waals surface area contributed by atoms with Gasteiger partial charge in [0.05, 0.1) is 22.3 Å². The van der Waals surface area contributed by atoms with Crippen LogP contribution in [0.4, 0.5) is 26.3 Å². The Bertz CT molecular complexity index is 1450. The molecule has 0 unspecified atom stereocenters. The second kappa shape index (κ2) is 10.8. The zero-order valence-electron chi connectivity index (χ0n) is 21.6. The lowest BCUT2D eigenvalue weighted by molar-refractivity contribution is -0.288. The Morgan fingerprint density at radius 1 is 0.605 bits per heavy atom. The summed E-state index contributed by atoms with van der Waals surface area (Å²) in [6.07, 6.45) is -12.4. The van der Waals surface area contributed by atoms with Crippen molar-refractivity contribution in [3.63, 3.8) is 0 Å². The van der Waals surface area contributed by atoms with E-state index in [1.807, 2.05) is 0 Å². The Balaban J connectivity index is 1.87. The molecule has 12 nitrogen and oxygen atoms in total. The highest BCUT2D eigenvalue weighted by atomic mass is 19.4. The molecule has 0 N–H and O–H groups in total. The predicted molar refractivity (Wildman–Crippen MR) is 123 cm³/mol. The number of benzene rings is 2. The lowest BCUT2D eigenvalue weighted by Gasteiger charge is -2.38. The first-order chi connectivity index (χ1) is 20.0. The van der Waals surface area contributed by atoms with Gasteiger partial charge in [0, 0.05) is 14.2 Å². The van der Waals surface area contributed by atoms with E-state index in [0.717, 1.165) is 14.2 Å². The number of methoxy groups -OCH3 is 2. The number of fused-ring (bicyclic) bond motifs is 2. The Morgan fingerprint density at radius 3 is 1.23 bits per heavy atom. The molecule has 2 aromatic carbocycles. The van der Waals surface area contributed by atoms with Gasteiger partial charge in [0.2, 0.25) is 5.41 Å². The van der Waals surface area contributed by atoms with Crippen LogP contribution in [0.5, 0.6) is 0 Å². The van der Waals surface area contributed by atoms with E-state index in [1.165, 1.54) is 0 Å². The quantitative estimate of drug-likeness (QED) is 0.320. The molecule has 0 atom stereocenters. The van der Waals surface area contributed by atoms with E-state index in [9.17, 15) is 55.1 Å². The lowest BCUT2D eigenvalue weighted by atomic mass is 9.71. The maximum absolute atomic E-state index is 14.7. The van der Waals surface area contributed by atoms with Gasteiger partial charge in [-0.15, -0.1) is 0 Å². The zero-order chi connectivity index (χ0) is 32.1. The van der Waals surface area contributed by atoms with Gasteiger partial charge < -0.3 is 19.1 Å². The molecule has 4 rings (SSSR count). The minimum atomic E-state index is -6.21. The van der Waals surface area contributed by atoms with Gasteiger partial charge >= 0.3 is 24.3 Å². The lowest BCUT2D eigenvalue weighted by Crippen LogP contribution is -2.55. The van der Waals surface area contributed by atoms with Gasteiger partial charge in [-0.05, 0) is 35.4 Å². The van der Waals surface area contributed by atoms with Gasteiger partial charge in [-0.1, -0.05) is 22.3 Å². The molecule has 228 valence electrons. The minimum Gasteiger partial charge on any atom is -0.373 e. The van der Waals surface area contributed by atoms with Crippen LogP contribution >= 0.6 is 0 Å². The number of ether oxygens (including phenoxy) is 2. The third-order valence-corrected chi connectivity index (χ3v) is 6.33. The van der Waals surface area contributed by atoms with Crippen molar-refractivity contribution in [1.82, 2.24) is 10.1 Å². The molecule has 2 heterocycles. The van der Waals surface area contributed by atoms with E-state index in [0.29, 0.717) is 24.3 Å². The van der Waals surface area contributed by atoms with Crippen LogP contribution in [0.1, 0.15) is 52.6 Å².